The molecular formula is C15H25N3O2. The van der Waals surface area contributed by atoms with E-state index in [1.54, 1.807) is 0 Å². The van der Waals surface area contributed by atoms with Gasteiger partial charge >= 0.3 is 5.97 Å². The van der Waals surface area contributed by atoms with Crippen LogP contribution in [-0.4, -0.2) is 28.1 Å². The lowest BCUT2D eigenvalue weighted by atomic mass is 9.84. The van der Waals surface area contributed by atoms with Crippen molar-refractivity contribution in [2.75, 3.05) is 7.11 Å². The number of aromatic nitrogens is 3. The van der Waals surface area contributed by atoms with Crippen LogP contribution in [0.2, 0.25) is 0 Å². The van der Waals surface area contributed by atoms with E-state index in [9.17, 15) is 4.79 Å². The minimum absolute atomic E-state index is 0.211. The molecule has 5 heteroatoms. The van der Waals surface area contributed by atoms with E-state index in [1.807, 2.05) is 4.68 Å². The zero-order valence-corrected chi connectivity index (χ0v) is 12.9. The fourth-order valence-corrected chi connectivity index (χ4v) is 3.15. The van der Waals surface area contributed by atoms with Crippen LogP contribution in [0.4, 0.5) is 0 Å². The maximum Gasteiger partial charge on any atom is 0.360 e. The fraction of sp³-hybridized carbons (Fsp3) is 0.800. The summed E-state index contributed by atoms with van der Waals surface area (Å²) < 4.78 is 6.78. The first-order valence-electron chi connectivity index (χ1n) is 7.61. The number of esters is 1. The van der Waals surface area contributed by atoms with Crippen molar-refractivity contribution in [2.24, 2.45) is 5.92 Å². The van der Waals surface area contributed by atoms with Crippen LogP contribution in [0.1, 0.15) is 81.0 Å². The number of carbonyl (C=O) groups excluding carboxylic acids is 1. The van der Waals surface area contributed by atoms with Crippen molar-refractivity contribution in [2.45, 2.75) is 64.8 Å². The lowest BCUT2D eigenvalue weighted by Gasteiger charge is -2.29. The summed E-state index contributed by atoms with van der Waals surface area (Å²) >= 11 is 0. The average molecular weight is 279 g/mol. The smallest absolute Gasteiger partial charge is 0.360 e. The monoisotopic (exact) mass is 279 g/mol. The molecule has 0 N–H and O–H groups in total. The molecule has 112 valence electrons. The Hall–Kier alpha value is -1.39. The third-order valence-electron chi connectivity index (χ3n) is 4.40. The van der Waals surface area contributed by atoms with Gasteiger partial charge in [-0.05, 0) is 37.5 Å². The number of hydrogen-bond donors (Lipinski definition) is 0. The molecule has 1 fully saturated rings. The Morgan fingerprint density at radius 1 is 1.35 bits per heavy atom. The highest BCUT2D eigenvalue weighted by Crippen LogP contribution is 2.35. The summed E-state index contributed by atoms with van der Waals surface area (Å²) in [5, 5.41) is 8.31. The van der Waals surface area contributed by atoms with Crippen LogP contribution in [0, 0.1) is 5.92 Å². The fourth-order valence-electron chi connectivity index (χ4n) is 3.15. The van der Waals surface area contributed by atoms with Crippen molar-refractivity contribution < 1.29 is 9.53 Å². The van der Waals surface area contributed by atoms with Gasteiger partial charge < -0.3 is 4.74 Å². The Morgan fingerprint density at radius 3 is 2.50 bits per heavy atom. The summed E-state index contributed by atoms with van der Waals surface area (Å²) in [5.74, 6) is 0.669. The molecular weight excluding hydrogens is 254 g/mol. The largest absolute Gasteiger partial charge is 0.464 e. The van der Waals surface area contributed by atoms with Crippen molar-refractivity contribution in [3.63, 3.8) is 0 Å². The molecule has 1 aromatic rings. The van der Waals surface area contributed by atoms with Gasteiger partial charge in [-0.1, -0.05) is 32.4 Å². The maximum absolute atomic E-state index is 11.8. The van der Waals surface area contributed by atoms with Gasteiger partial charge in [-0.15, -0.1) is 5.10 Å². The third kappa shape index (κ3) is 2.86. The molecule has 0 radical (unpaired) electrons. The predicted octanol–water partition coefficient (Wildman–Crippen LogP) is 3.33. The van der Waals surface area contributed by atoms with E-state index >= 15 is 0 Å². The number of nitrogens with zero attached hydrogens (tertiary/aromatic N) is 3. The van der Waals surface area contributed by atoms with Crippen LogP contribution in [0.3, 0.4) is 0 Å². The van der Waals surface area contributed by atoms with Gasteiger partial charge in [-0.3, -0.25) is 0 Å². The van der Waals surface area contributed by atoms with E-state index in [1.165, 1.54) is 26.4 Å². The molecule has 0 saturated heterocycles. The number of methoxy groups -OCH3 is 1. The molecule has 0 unspecified atom stereocenters. The Labute approximate surface area is 120 Å². The molecule has 0 atom stereocenters. The van der Waals surface area contributed by atoms with Gasteiger partial charge in [0.25, 0.3) is 0 Å². The molecule has 1 saturated carbocycles. The minimum atomic E-state index is -0.387. The summed E-state index contributed by atoms with van der Waals surface area (Å²) in [6, 6.07) is 0.376. The number of carbonyl (C=O) groups is 1. The van der Waals surface area contributed by atoms with Gasteiger partial charge in [0.2, 0.25) is 0 Å². The third-order valence-corrected chi connectivity index (χ3v) is 4.40. The van der Waals surface area contributed by atoms with Crippen LogP contribution in [-0.2, 0) is 4.74 Å². The highest BCUT2D eigenvalue weighted by atomic mass is 16.5. The second kappa shape index (κ2) is 6.37. The quantitative estimate of drug-likeness (QED) is 0.793. The molecule has 1 aliphatic rings. The Morgan fingerprint density at radius 2 is 2.00 bits per heavy atom. The van der Waals surface area contributed by atoms with Gasteiger partial charge in [0.1, 0.15) is 0 Å². The normalized spacial score (nSPS) is 23.1. The average Bonchev–Trinajstić information content (AvgIpc) is 2.91. The molecule has 1 aromatic heterocycles. The predicted molar refractivity (Wildman–Crippen MR) is 76.7 cm³/mol. The zero-order chi connectivity index (χ0) is 14.7. The summed E-state index contributed by atoms with van der Waals surface area (Å²) in [5.41, 5.74) is 1.29. The summed E-state index contributed by atoms with van der Waals surface area (Å²) in [7, 11) is 1.39. The van der Waals surface area contributed by atoms with E-state index in [0.717, 1.165) is 24.5 Å². The number of rotatable bonds is 4. The SMILES string of the molecule is CCC1CCC(n2nnc(C(=O)OC)c2C(C)C)CC1. The van der Waals surface area contributed by atoms with Gasteiger partial charge in [-0.25, -0.2) is 9.48 Å². The van der Waals surface area contributed by atoms with E-state index < -0.39 is 0 Å². The van der Waals surface area contributed by atoms with Crippen molar-refractivity contribution in [3.8, 4) is 0 Å². The van der Waals surface area contributed by atoms with Crippen LogP contribution in [0.5, 0.6) is 0 Å². The van der Waals surface area contributed by atoms with Crippen LogP contribution < -0.4 is 0 Å². The van der Waals surface area contributed by atoms with Crippen molar-refractivity contribution in [1.82, 2.24) is 15.0 Å². The van der Waals surface area contributed by atoms with Crippen LogP contribution in [0.15, 0.2) is 0 Å². The molecule has 1 aliphatic carbocycles. The summed E-state index contributed by atoms with van der Waals surface area (Å²) in [6.07, 6.45) is 6.00. The van der Waals surface area contributed by atoms with E-state index in [0.29, 0.717) is 11.7 Å². The second-order valence-electron chi connectivity index (χ2n) is 6.00. The molecule has 2 rings (SSSR count). The van der Waals surface area contributed by atoms with Crippen molar-refractivity contribution in [1.29, 1.82) is 0 Å². The lowest BCUT2D eigenvalue weighted by molar-refractivity contribution is 0.0592. The van der Waals surface area contributed by atoms with Gasteiger partial charge in [0.15, 0.2) is 5.69 Å². The first-order valence-corrected chi connectivity index (χ1v) is 7.61. The van der Waals surface area contributed by atoms with E-state index in [4.69, 9.17) is 4.74 Å². The zero-order valence-electron chi connectivity index (χ0n) is 12.9. The lowest BCUT2D eigenvalue weighted by Crippen LogP contribution is -2.21. The Bertz CT molecular complexity index is 460. The van der Waals surface area contributed by atoms with Crippen molar-refractivity contribution >= 4 is 5.97 Å². The van der Waals surface area contributed by atoms with E-state index in [2.05, 4.69) is 31.1 Å². The maximum atomic E-state index is 11.8. The molecule has 0 amide bonds. The minimum Gasteiger partial charge on any atom is -0.464 e. The topological polar surface area (TPSA) is 57.0 Å². The molecule has 0 aromatic carbocycles. The molecule has 1 heterocycles. The highest BCUT2D eigenvalue weighted by Gasteiger charge is 2.29. The van der Waals surface area contributed by atoms with Gasteiger partial charge in [0.05, 0.1) is 18.8 Å². The number of ether oxygens (including phenoxy) is 1. The Balaban J connectivity index is 2.24. The summed E-state index contributed by atoms with van der Waals surface area (Å²) in [6.45, 7) is 6.40. The molecule has 5 nitrogen and oxygen atoms in total. The van der Waals surface area contributed by atoms with Gasteiger partial charge in [0, 0.05) is 0 Å². The standard InChI is InChI=1S/C15H25N3O2/c1-5-11-6-8-12(9-7-11)18-14(10(2)3)13(16-17-18)15(19)20-4/h10-12H,5-9H2,1-4H3. The molecule has 0 spiro atoms. The molecule has 0 bridgehead atoms. The highest BCUT2D eigenvalue weighted by molar-refractivity contribution is 5.88. The van der Waals surface area contributed by atoms with Gasteiger partial charge in [-0.2, -0.15) is 0 Å². The van der Waals surface area contributed by atoms with Crippen LogP contribution in [0.25, 0.3) is 0 Å². The first-order chi connectivity index (χ1) is 9.58. The Kier molecular flexibility index (Phi) is 4.78. The van der Waals surface area contributed by atoms with E-state index in [-0.39, 0.29) is 11.9 Å². The first kappa shape index (κ1) is 15.0. The molecule has 0 aliphatic heterocycles. The molecule has 20 heavy (non-hydrogen) atoms. The second-order valence-corrected chi connectivity index (χ2v) is 6.00. The van der Waals surface area contributed by atoms with Crippen molar-refractivity contribution in [3.05, 3.63) is 11.4 Å². The van der Waals surface area contributed by atoms with Crippen LogP contribution >= 0.6 is 0 Å². The summed E-state index contributed by atoms with van der Waals surface area (Å²) in [4.78, 5) is 11.8. The number of hydrogen-bond acceptors (Lipinski definition) is 4.